The number of likely N-dealkylation sites (tertiary alicyclic amines) is 1. The number of aromatic nitrogens is 2. The second-order valence-electron chi connectivity index (χ2n) is 9.26. The number of rotatable bonds is 7. The van der Waals surface area contributed by atoms with Crippen molar-refractivity contribution in [1.82, 2.24) is 15.1 Å². The molecule has 2 aliphatic rings. The summed E-state index contributed by atoms with van der Waals surface area (Å²) in [7, 11) is 0. The number of anilines is 1. The van der Waals surface area contributed by atoms with Crippen molar-refractivity contribution >= 4 is 28.8 Å². The van der Waals surface area contributed by atoms with Crippen LogP contribution in [0.25, 0.3) is 5.57 Å². The number of carbonyl (C=O) groups is 1. The Hall–Kier alpha value is -2.91. The lowest BCUT2D eigenvalue weighted by Gasteiger charge is -2.32. The number of hydrogen-bond acceptors (Lipinski definition) is 5. The Labute approximate surface area is 201 Å². The van der Waals surface area contributed by atoms with E-state index < -0.39 is 11.0 Å². The second kappa shape index (κ2) is 9.03. The van der Waals surface area contributed by atoms with Gasteiger partial charge in [-0.2, -0.15) is 5.10 Å². The Morgan fingerprint density at radius 1 is 1.38 bits per heavy atom. The molecule has 1 amide bonds. The SMILES string of the molecule is CC(C)N1CC(C)(CO)C2CC(C(=O)Nc3ccc(OC(F)(F)Cl)cc3)=CC(c3ccn[nH]3)=C21. The number of nitrogens with zero attached hydrogens (tertiary/aromatic N) is 2. The van der Waals surface area contributed by atoms with Gasteiger partial charge in [0, 0.05) is 64.2 Å². The van der Waals surface area contributed by atoms with Gasteiger partial charge in [0.25, 0.3) is 5.91 Å². The van der Waals surface area contributed by atoms with Gasteiger partial charge in [-0.1, -0.05) is 6.92 Å². The molecule has 2 unspecified atom stereocenters. The summed E-state index contributed by atoms with van der Waals surface area (Å²) < 4.78 is 30.0. The molecule has 2 atom stereocenters. The Morgan fingerprint density at radius 2 is 2.09 bits per heavy atom. The monoisotopic (exact) mass is 492 g/mol. The molecule has 0 saturated carbocycles. The van der Waals surface area contributed by atoms with Crippen LogP contribution in [0.2, 0.25) is 0 Å². The summed E-state index contributed by atoms with van der Waals surface area (Å²) in [5.74, 6) is -0.496. The number of allylic oxidation sites excluding steroid dienone is 3. The molecular formula is C24H27ClF2N4O3. The number of H-pyrrole nitrogens is 1. The number of fused-ring (bicyclic) bond motifs is 1. The van der Waals surface area contributed by atoms with E-state index in [4.69, 9.17) is 11.6 Å². The minimum atomic E-state index is -3.81. The van der Waals surface area contributed by atoms with Gasteiger partial charge in [0.05, 0.1) is 12.3 Å². The normalized spacial score (nSPS) is 22.6. The van der Waals surface area contributed by atoms with Crippen molar-refractivity contribution in [3.05, 3.63) is 59.6 Å². The molecular weight excluding hydrogens is 466 g/mol. The maximum absolute atomic E-state index is 13.2. The molecule has 1 saturated heterocycles. The van der Waals surface area contributed by atoms with Gasteiger partial charge in [-0.15, -0.1) is 8.78 Å². The molecule has 1 aliphatic heterocycles. The zero-order valence-electron chi connectivity index (χ0n) is 19.1. The van der Waals surface area contributed by atoms with E-state index in [-0.39, 0.29) is 30.2 Å². The maximum Gasteiger partial charge on any atom is 0.487 e. The van der Waals surface area contributed by atoms with E-state index in [1.165, 1.54) is 24.3 Å². The fraction of sp³-hybridized carbons (Fsp3) is 0.417. The van der Waals surface area contributed by atoms with Gasteiger partial charge in [-0.25, -0.2) is 0 Å². The maximum atomic E-state index is 13.2. The zero-order valence-corrected chi connectivity index (χ0v) is 19.9. The van der Waals surface area contributed by atoms with Gasteiger partial charge in [-0.05, 0) is 56.7 Å². The van der Waals surface area contributed by atoms with Crippen LogP contribution in [0.15, 0.2) is 53.9 Å². The van der Waals surface area contributed by atoms with Crippen LogP contribution in [-0.2, 0) is 4.79 Å². The molecule has 2 aromatic rings. The fourth-order valence-corrected chi connectivity index (χ4v) is 4.77. The zero-order chi connectivity index (χ0) is 24.7. The van der Waals surface area contributed by atoms with Crippen LogP contribution in [0.4, 0.5) is 14.5 Å². The van der Waals surface area contributed by atoms with Gasteiger partial charge in [0.2, 0.25) is 0 Å². The average molecular weight is 493 g/mol. The first kappa shape index (κ1) is 24.2. The lowest BCUT2D eigenvalue weighted by atomic mass is 9.72. The molecule has 1 fully saturated rings. The Balaban J connectivity index is 1.65. The highest BCUT2D eigenvalue weighted by molar-refractivity contribution is 6.20. The van der Waals surface area contributed by atoms with E-state index in [2.05, 4.69) is 39.0 Å². The number of ether oxygens (including phenoxy) is 1. The number of aliphatic hydroxyl groups is 1. The summed E-state index contributed by atoms with van der Waals surface area (Å²) >= 11 is 4.79. The number of alkyl halides is 3. The van der Waals surface area contributed by atoms with Crippen LogP contribution in [-0.4, -0.2) is 50.9 Å². The molecule has 7 nitrogen and oxygen atoms in total. The molecule has 4 rings (SSSR count). The third kappa shape index (κ3) is 4.81. The lowest BCUT2D eigenvalue weighted by molar-refractivity contribution is -0.113. The van der Waals surface area contributed by atoms with Crippen molar-refractivity contribution in [2.75, 3.05) is 18.5 Å². The molecule has 34 heavy (non-hydrogen) atoms. The van der Waals surface area contributed by atoms with E-state index >= 15 is 0 Å². The number of aliphatic hydroxyl groups excluding tert-OH is 1. The number of amides is 1. The second-order valence-corrected chi connectivity index (χ2v) is 9.70. The largest absolute Gasteiger partial charge is 0.487 e. The number of hydrogen-bond donors (Lipinski definition) is 3. The third-order valence-corrected chi connectivity index (χ3v) is 6.52. The van der Waals surface area contributed by atoms with Gasteiger partial charge < -0.3 is 20.1 Å². The summed E-state index contributed by atoms with van der Waals surface area (Å²) in [6.45, 7) is 6.92. The average Bonchev–Trinajstić information content (AvgIpc) is 3.41. The van der Waals surface area contributed by atoms with Crippen LogP contribution in [0.1, 0.15) is 32.9 Å². The Morgan fingerprint density at radius 3 is 2.65 bits per heavy atom. The van der Waals surface area contributed by atoms with Crippen LogP contribution in [0.5, 0.6) is 5.75 Å². The molecule has 10 heteroatoms. The van der Waals surface area contributed by atoms with Crippen LogP contribution >= 0.6 is 11.6 Å². The number of halogens is 3. The van der Waals surface area contributed by atoms with Crippen LogP contribution in [0, 0.1) is 11.3 Å². The molecule has 1 aromatic carbocycles. The molecule has 0 spiro atoms. The first-order chi connectivity index (χ1) is 16.0. The van der Waals surface area contributed by atoms with Crippen LogP contribution < -0.4 is 10.1 Å². The van der Waals surface area contributed by atoms with Crippen molar-refractivity contribution in [2.45, 2.75) is 38.8 Å². The van der Waals surface area contributed by atoms with Crippen molar-refractivity contribution in [1.29, 1.82) is 0 Å². The molecule has 0 bridgehead atoms. The fourth-order valence-electron chi connectivity index (χ4n) is 4.68. The smallest absolute Gasteiger partial charge is 0.420 e. The summed E-state index contributed by atoms with van der Waals surface area (Å²) in [6.07, 6.45) is 3.98. The summed E-state index contributed by atoms with van der Waals surface area (Å²) in [4.78, 5) is 15.5. The van der Waals surface area contributed by atoms with E-state index in [0.29, 0.717) is 24.2 Å². The highest BCUT2D eigenvalue weighted by atomic mass is 35.5. The van der Waals surface area contributed by atoms with E-state index in [0.717, 1.165) is 17.0 Å². The van der Waals surface area contributed by atoms with Crippen molar-refractivity contribution < 1.29 is 23.4 Å². The minimum Gasteiger partial charge on any atom is -0.420 e. The number of benzene rings is 1. The van der Waals surface area contributed by atoms with E-state index in [9.17, 15) is 18.7 Å². The van der Waals surface area contributed by atoms with Crippen molar-refractivity contribution in [2.24, 2.45) is 11.3 Å². The predicted octanol–water partition coefficient (Wildman–Crippen LogP) is 4.60. The van der Waals surface area contributed by atoms with Gasteiger partial charge in [0.1, 0.15) is 5.75 Å². The lowest BCUT2D eigenvalue weighted by Crippen LogP contribution is -2.33. The van der Waals surface area contributed by atoms with E-state index in [1.54, 1.807) is 6.20 Å². The molecule has 2 heterocycles. The van der Waals surface area contributed by atoms with Crippen molar-refractivity contribution in [3.8, 4) is 5.75 Å². The summed E-state index contributed by atoms with van der Waals surface area (Å²) in [5, 5.41) is 20.2. The Bertz CT molecular complexity index is 1110. The van der Waals surface area contributed by atoms with Crippen LogP contribution in [0.3, 0.4) is 0 Å². The number of aromatic amines is 1. The van der Waals surface area contributed by atoms with Crippen molar-refractivity contribution in [3.63, 3.8) is 0 Å². The minimum absolute atomic E-state index is 0.0117. The third-order valence-electron chi connectivity index (χ3n) is 6.44. The molecule has 0 radical (unpaired) electrons. The summed E-state index contributed by atoms with van der Waals surface area (Å²) in [6, 6.07) is 7.60. The standard InChI is InChI=1S/C24H27ClF2N4O3/c1-14(2)31-12-23(3,13-32)19-11-15(10-18(21(19)31)20-8-9-28-30-20)22(33)29-16-4-6-17(7-5-16)34-24(25,26)27/h4-10,14,19,32H,11-13H2,1-3H3,(H,28,30)(H,29,33). The molecule has 1 aliphatic carbocycles. The molecule has 1 aromatic heterocycles. The number of nitrogens with one attached hydrogen (secondary N) is 2. The highest BCUT2D eigenvalue weighted by Crippen LogP contribution is 2.51. The topological polar surface area (TPSA) is 90.5 Å². The number of carbonyl (C=O) groups excluding carboxylic acids is 1. The Kier molecular flexibility index (Phi) is 6.44. The predicted molar refractivity (Wildman–Crippen MR) is 125 cm³/mol. The van der Waals surface area contributed by atoms with Gasteiger partial charge >= 0.3 is 5.57 Å². The first-order valence-electron chi connectivity index (χ1n) is 11.0. The quantitative estimate of drug-likeness (QED) is 0.492. The highest BCUT2D eigenvalue weighted by Gasteiger charge is 2.49. The van der Waals surface area contributed by atoms with E-state index in [1.807, 2.05) is 19.1 Å². The first-order valence-corrected chi connectivity index (χ1v) is 11.4. The van der Waals surface area contributed by atoms with Gasteiger partial charge in [0.15, 0.2) is 0 Å². The molecule has 182 valence electrons. The molecule has 3 N–H and O–H groups in total. The van der Waals surface area contributed by atoms with Gasteiger partial charge in [-0.3, -0.25) is 9.89 Å². The summed E-state index contributed by atoms with van der Waals surface area (Å²) in [5.41, 5.74) is -0.494.